The van der Waals surface area contributed by atoms with E-state index in [1.165, 1.54) is 101 Å². The van der Waals surface area contributed by atoms with Crippen molar-refractivity contribution in [3.8, 4) is 39.1 Å². The van der Waals surface area contributed by atoms with E-state index >= 15 is 0 Å². The molecule has 0 atom stereocenters. The summed E-state index contributed by atoms with van der Waals surface area (Å²) < 4.78 is 2.43. The molecule has 11 rings (SSSR count). The molecule has 2 heteroatoms. The molecule has 11 aromatic rings. The molecule has 0 saturated heterocycles. The van der Waals surface area contributed by atoms with Gasteiger partial charge in [0.25, 0.3) is 0 Å². The minimum absolute atomic E-state index is 1.10. The van der Waals surface area contributed by atoms with E-state index in [9.17, 15) is 0 Å². The maximum absolute atomic E-state index is 2.43. The van der Waals surface area contributed by atoms with Crippen molar-refractivity contribution in [3.05, 3.63) is 230 Å². The smallest absolute Gasteiger partial charge is 0.0541 e. The summed E-state index contributed by atoms with van der Waals surface area (Å²) in [6.07, 6.45) is 3.52. The SMILES string of the molecule is CCCCc1ccc2c(c1)c1cc(C)ccc1n2-c1ccc(N(c2ccccc2)c2ccc(-c3ccc4c(-c5ccccc5)c5ccccc5c(-c5ccccc5)c4c3)cc2)cc1. The van der Waals surface area contributed by atoms with E-state index < -0.39 is 0 Å². The summed E-state index contributed by atoms with van der Waals surface area (Å²) in [5, 5.41) is 7.67. The van der Waals surface area contributed by atoms with Crippen LogP contribution in [0, 0.1) is 6.92 Å². The van der Waals surface area contributed by atoms with Gasteiger partial charge in [-0.1, -0.05) is 158 Å². The fourth-order valence-corrected chi connectivity index (χ4v) is 9.77. The van der Waals surface area contributed by atoms with Gasteiger partial charge in [-0.2, -0.15) is 0 Å². The first-order valence-electron chi connectivity index (χ1n) is 22.3. The second-order valence-corrected chi connectivity index (χ2v) is 16.8. The molecule has 0 bridgehead atoms. The summed E-state index contributed by atoms with van der Waals surface area (Å²) in [4.78, 5) is 2.36. The first-order chi connectivity index (χ1) is 31.1. The molecular formula is C61H48N2. The van der Waals surface area contributed by atoms with Gasteiger partial charge in [-0.05, 0) is 159 Å². The summed E-state index contributed by atoms with van der Waals surface area (Å²) >= 11 is 0. The van der Waals surface area contributed by atoms with Gasteiger partial charge in [0.05, 0.1) is 11.0 Å². The van der Waals surface area contributed by atoms with E-state index in [0.717, 1.165) is 29.2 Å². The predicted octanol–water partition coefficient (Wildman–Crippen LogP) is 17.2. The first-order valence-corrected chi connectivity index (χ1v) is 22.3. The van der Waals surface area contributed by atoms with Gasteiger partial charge in [-0.15, -0.1) is 0 Å². The number of rotatable bonds is 10. The van der Waals surface area contributed by atoms with Gasteiger partial charge in [-0.25, -0.2) is 0 Å². The lowest BCUT2D eigenvalue weighted by atomic mass is 9.85. The molecule has 0 aliphatic carbocycles. The Bertz CT molecular complexity index is 3400. The Morgan fingerprint density at radius 3 is 1.52 bits per heavy atom. The van der Waals surface area contributed by atoms with E-state index in [-0.39, 0.29) is 0 Å². The lowest BCUT2D eigenvalue weighted by Gasteiger charge is -2.26. The maximum Gasteiger partial charge on any atom is 0.0541 e. The number of unbranched alkanes of at least 4 members (excludes halogenated alkanes) is 1. The summed E-state index contributed by atoms with van der Waals surface area (Å²) in [5.41, 5.74) is 17.0. The first kappa shape index (κ1) is 38.3. The van der Waals surface area contributed by atoms with Crippen molar-refractivity contribution in [1.29, 1.82) is 0 Å². The molecule has 63 heavy (non-hydrogen) atoms. The average molecular weight is 809 g/mol. The van der Waals surface area contributed by atoms with Crippen LogP contribution < -0.4 is 4.90 Å². The topological polar surface area (TPSA) is 8.17 Å². The molecule has 1 heterocycles. The largest absolute Gasteiger partial charge is 0.311 e. The van der Waals surface area contributed by atoms with Crippen molar-refractivity contribution in [2.45, 2.75) is 33.1 Å². The molecule has 2 nitrogen and oxygen atoms in total. The van der Waals surface area contributed by atoms with E-state index in [1.807, 2.05) is 0 Å². The number of anilines is 3. The molecule has 0 fully saturated rings. The molecule has 0 radical (unpaired) electrons. The van der Waals surface area contributed by atoms with Gasteiger partial charge >= 0.3 is 0 Å². The van der Waals surface area contributed by atoms with Gasteiger partial charge < -0.3 is 9.47 Å². The Morgan fingerprint density at radius 1 is 0.381 bits per heavy atom. The number of nitrogens with zero attached hydrogens (tertiary/aromatic N) is 2. The number of fused-ring (bicyclic) bond motifs is 5. The summed E-state index contributed by atoms with van der Waals surface area (Å²) in [6.45, 7) is 4.46. The number of hydrogen-bond donors (Lipinski definition) is 0. The second-order valence-electron chi connectivity index (χ2n) is 16.8. The monoisotopic (exact) mass is 808 g/mol. The van der Waals surface area contributed by atoms with Crippen molar-refractivity contribution in [2.24, 2.45) is 0 Å². The number of aryl methyl sites for hydroxylation is 2. The minimum Gasteiger partial charge on any atom is -0.311 e. The van der Waals surface area contributed by atoms with E-state index in [1.54, 1.807) is 0 Å². The standard InChI is InChI=1S/C61H48N2/c1-3-4-16-43-26-38-59-56(40-43)55-39-42(2)25-37-58(55)63(59)51-34-32-50(33-35-51)62(48-21-12-7-13-22-48)49-30-27-44(28-31-49)47-29-36-54-57(41-47)61(46-19-10-6-11-20-46)53-24-15-14-23-52(53)60(54)45-17-8-5-9-18-45/h5-15,17-41H,3-4,16H2,1-2H3. The summed E-state index contributed by atoms with van der Waals surface area (Å²) in [6, 6.07) is 80.4. The van der Waals surface area contributed by atoms with Gasteiger partial charge in [0, 0.05) is 33.5 Å². The zero-order chi connectivity index (χ0) is 42.3. The maximum atomic E-state index is 2.43. The van der Waals surface area contributed by atoms with Crippen LogP contribution in [0.4, 0.5) is 17.1 Å². The van der Waals surface area contributed by atoms with Crippen molar-refractivity contribution in [1.82, 2.24) is 4.57 Å². The minimum atomic E-state index is 1.10. The molecule has 0 aliphatic rings. The summed E-state index contributed by atoms with van der Waals surface area (Å²) in [7, 11) is 0. The quantitative estimate of drug-likeness (QED) is 0.125. The Morgan fingerprint density at radius 2 is 0.889 bits per heavy atom. The van der Waals surface area contributed by atoms with Crippen LogP contribution in [-0.4, -0.2) is 4.57 Å². The molecular weight excluding hydrogens is 761 g/mol. The van der Waals surface area contributed by atoms with Crippen LogP contribution in [0.5, 0.6) is 0 Å². The zero-order valence-electron chi connectivity index (χ0n) is 35.8. The normalized spacial score (nSPS) is 11.5. The average Bonchev–Trinajstić information content (AvgIpc) is 3.66. The molecule has 0 saturated carbocycles. The fourth-order valence-electron chi connectivity index (χ4n) is 9.77. The third-order valence-corrected chi connectivity index (χ3v) is 12.8. The number of para-hydroxylation sites is 1. The molecule has 302 valence electrons. The van der Waals surface area contributed by atoms with Crippen molar-refractivity contribution >= 4 is 60.4 Å². The number of benzene rings is 10. The van der Waals surface area contributed by atoms with Crippen LogP contribution in [0.25, 0.3) is 82.4 Å². The number of hydrogen-bond acceptors (Lipinski definition) is 1. The second kappa shape index (κ2) is 16.3. The van der Waals surface area contributed by atoms with Crippen molar-refractivity contribution in [3.63, 3.8) is 0 Å². The number of aromatic nitrogens is 1. The van der Waals surface area contributed by atoms with E-state index in [0.29, 0.717) is 0 Å². The van der Waals surface area contributed by atoms with Crippen LogP contribution >= 0.6 is 0 Å². The molecule has 0 unspecified atom stereocenters. The van der Waals surface area contributed by atoms with Crippen molar-refractivity contribution in [2.75, 3.05) is 4.90 Å². The van der Waals surface area contributed by atoms with Crippen LogP contribution in [0.2, 0.25) is 0 Å². The van der Waals surface area contributed by atoms with Gasteiger partial charge in [0.2, 0.25) is 0 Å². The van der Waals surface area contributed by atoms with Crippen molar-refractivity contribution < 1.29 is 0 Å². The Hall–Kier alpha value is -7.68. The Labute approximate surface area is 370 Å². The van der Waals surface area contributed by atoms with Crippen LogP contribution in [-0.2, 0) is 6.42 Å². The Balaban J connectivity index is 0.998. The van der Waals surface area contributed by atoms with Gasteiger partial charge in [-0.3, -0.25) is 0 Å². The van der Waals surface area contributed by atoms with Gasteiger partial charge in [0.15, 0.2) is 0 Å². The molecule has 0 spiro atoms. The van der Waals surface area contributed by atoms with Gasteiger partial charge in [0.1, 0.15) is 0 Å². The highest BCUT2D eigenvalue weighted by Crippen LogP contribution is 2.45. The molecule has 0 amide bonds. The highest BCUT2D eigenvalue weighted by atomic mass is 15.1. The lowest BCUT2D eigenvalue weighted by molar-refractivity contribution is 0.796. The van der Waals surface area contributed by atoms with Crippen LogP contribution in [0.1, 0.15) is 30.9 Å². The highest BCUT2D eigenvalue weighted by molar-refractivity contribution is 6.22. The molecule has 0 N–H and O–H groups in total. The zero-order valence-corrected chi connectivity index (χ0v) is 35.8. The predicted molar refractivity (Wildman–Crippen MR) is 270 cm³/mol. The van der Waals surface area contributed by atoms with Crippen LogP contribution in [0.15, 0.2) is 218 Å². The van der Waals surface area contributed by atoms with Crippen LogP contribution in [0.3, 0.4) is 0 Å². The Kier molecular flexibility index (Phi) is 9.90. The lowest BCUT2D eigenvalue weighted by Crippen LogP contribution is -2.10. The molecule has 10 aromatic carbocycles. The third kappa shape index (κ3) is 6.95. The highest BCUT2D eigenvalue weighted by Gasteiger charge is 2.19. The summed E-state index contributed by atoms with van der Waals surface area (Å²) in [5.74, 6) is 0. The molecule has 0 aliphatic heterocycles. The molecule has 1 aromatic heterocycles. The fraction of sp³-hybridized carbons (Fsp3) is 0.0820. The van der Waals surface area contributed by atoms with E-state index in [4.69, 9.17) is 0 Å². The third-order valence-electron chi connectivity index (χ3n) is 12.8. The van der Waals surface area contributed by atoms with E-state index in [2.05, 4.69) is 242 Å².